The van der Waals surface area contributed by atoms with Gasteiger partial charge in [-0.2, -0.15) is 0 Å². The van der Waals surface area contributed by atoms with E-state index in [1.165, 1.54) is 34.6 Å². The molecule has 1 aliphatic rings. The van der Waals surface area contributed by atoms with Gasteiger partial charge < -0.3 is 10.2 Å². The molecule has 0 bridgehead atoms. The normalized spacial score (nSPS) is 14.9. The van der Waals surface area contributed by atoms with Gasteiger partial charge in [0.15, 0.2) is 0 Å². The molecular formula is C19H21N5O3S2. The number of nitrogens with zero attached hydrogens (tertiary/aromatic N) is 3. The lowest BCUT2D eigenvalue weighted by Gasteiger charge is -2.27. The highest BCUT2D eigenvalue weighted by Gasteiger charge is 2.27. The van der Waals surface area contributed by atoms with Gasteiger partial charge in [0.2, 0.25) is 0 Å². The van der Waals surface area contributed by atoms with Crippen molar-refractivity contribution in [3.63, 3.8) is 0 Å². The number of sulfonamides is 1. The lowest BCUT2D eigenvalue weighted by Crippen LogP contribution is -2.51. The summed E-state index contributed by atoms with van der Waals surface area (Å²) in [6.45, 7) is 6.17. The van der Waals surface area contributed by atoms with Crippen molar-refractivity contribution in [2.75, 3.05) is 26.2 Å². The van der Waals surface area contributed by atoms with Gasteiger partial charge in [-0.1, -0.05) is 6.07 Å². The monoisotopic (exact) mass is 431 g/mol. The van der Waals surface area contributed by atoms with Gasteiger partial charge in [-0.3, -0.25) is 4.98 Å². The van der Waals surface area contributed by atoms with Crippen LogP contribution in [0.25, 0.3) is 20.9 Å². The largest absolute Gasteiger partial charge is 0.331 e. The van der Waals surface area contributed by atoms with Crippen molar-refractivity contribution in [1.29, 1.82) is 0 Å². The molecule has 1 saturated heterocycles. The van der Waals surface area contributed by atoms with Crippen LogP contribution in [0.5, 0.6) is 0 Å². The smallest absolute Gasteiger partial charge is 0.321 e. The maximum atomic E-state index is 13.0. The summed E-state index contributed by atoms with van der Waals surface area (Å²) in [6, 6.07) is 6.41. The maximum Gasteiger partial charge on any atom is 0.331 e. The number of aromatic nitrogens is 2. The predicted molar refractivity (Wildman–Crippen MR) is 112 cm³/mol. The quantitative estimate of drug-likeness (QED) is 0.659. The van der Waals surface area contributed by atoms with Crippen LogP contribution in [0.4, 0.5) is 4.79 Å². The van der Waals surface area contributed by atoms with Crippen LogP contribution in [-0.2, 0) is 10.0 Å². The van der Waals surface area contributed by atoms with E-state index in [2.05, 4.69) is 20.0 Å². The Morgan fingerprint density at radius 1 is 1.24 bits per heavy atom. The Kier molecular flexibility index (Phi) is 5.24. The highest BCUT2D eigenvalue weighted by Crippen LogP contribution is 2.34. The molecular weight excluding hydrogens is 410 g/mol. The Morgan fingerprint density at radius 3 is 2.76 bits per heavy atom. The number of benzene rings is 1. The number of aryl methyl sites for hydroxylation is 2. The maximum absolute atomic E-state index is 13.0. The van der Waals surface area contributed by atoms with Crippen molar-refractivity contribution in [2.24, 2.45) is 0 Å². The number of hydrogen-bond acceptors (Lipinski definition) is 7. The van der Waals surface area contributed by atoms with E-state index in [0.29, 0.717) is 31.2 Å². The molecule has 0 spiro atoms. The zero-order valence-corrected chi connectivity index (χ0v) is 17.7. The van der Waals surface area contributed by atoms with Crippen LogP contribution in [0.1, 0.15) is 11.1 Å². The summed E-state index contributed by atoms with van der Waals surface area (Å²) in [6.07, 6.45) is 1.52. The van der Waals surface area contributed by atoms with Crippen molar-refractivity contribution in [1.82, 2.24) is 24.9 Å². The van der Waals surface area contributed by atoms with Crippen molar-refractivity contribution < 1.29 is 13.2 Å². The van der Waals surface area contributed by atoms with Crippen LogP contribution in [0.3, 0.4) is 0 Å². The molecule has 2 amide bonds. The van der Waals surface area contributed by atoms with Crippen LogP contribution in [-0.4, -0.2) is 55.5 Å². The molecule has 29 heavy (non-hydrogen) atoms. The number of hydrogen-bond donors (Lipinski definition) is 2. The molecule has 3 heterocycles. The molecule has 1 aliphatic heterocycles. The fourth-order valence-corrected chi connectivity index (χ4v) is 5.69. The Hall–Kier alpha value is -2.56. The van der Waals surface area contributed by atoms with Crippen molar-refractivity contribution in [3.8, 4) is 10.7 Å². The summed E-state index contributed by atoms with van der Waals surface area (Å²) >= 11 is 1.39. The Morgan fingerprint density at radius 2 is 2.00 bits per heavy atom. The zero-order chi connectivity index (χ0) is 20.6. The summed E-state index contributed by atoms with van der Waals surface area (Å²) in [4.78, 5) is 22.8. The first-order valence-electron chi connectivity index (χ1n) is 9.21. The summed E-state index contributed by atoms with van der Waals surface area (Å²) in [5.74, 6) is 0. The van der Waals surface area contributed by atoms with Crippen molar-refractivity contribution in [3.05, 3.63) is 41.6 Å². The minimum atomic E-state index is -4.10. The summed E-state index contributed by atoms with van der Waals surface area (Å²) < 4.78 is 29.1. The number of pyridine rings is 1. The van der Waals surface area contributed by atoms with E-state index in [1.807, 2.05) is 26.0 Å². The molecule has 152 valence electrons. The number of piperazine rings is 1. The van der Waals surface area contributed by atoms with Crippen LogP contribution in [0, 0.1) is 13.8 Å². The molecule has 4 rings (SSSR count). The van der Waals surface area contributed by atoms with Gasteiger partial charge in [0.25, 0.3) is 10.0 Å². The second-order valence-corrected chi connectivity index (χ2v) is 9.63. The molecule has 0 aliphatic carbocycles. The number of fused-ring (bicyclic) bond motifs is 1. The molecule has 2 N–H and O–H groups in total. The lowest BCUT2D eigenvalue weighted by molar-refractivity contribution is 0.196. The van der Waals surface area contributed by atoms with E-state index in [0.717, 1.165) is 21.3 Å². The van der Waals surface area contributed by atoms with Crippen LogP contribution < -0.4 is 10.0 Å². The minimum Gasteiger partial charge on any atom is -0.321 e. The van der Waals surface area contributed by atoms with E-state index >= 15 is 0 Å². The van der Waals surface area contributed by atoms with Crippen LogP contribution in [0.2, 0.25) is 0 Å². The third-order valence-corrected chi connectivity index (χ3v) is 7.08. The molecule has 10 heteroatoms. The zero-order valence-electron chi connectivity index (χ0n) is 16.1. The van der Waals surface area contributed by atoms with Gasteiger partial charge in [-0.15, -0.1) is 11.3 Å². The molecule has 3 aromatic rings. The standard InChI is InChI=1S/C19H21N5O3S2/c1-12-10-13(2)16-14(11-12)28-18(22-16)17-15(4-3-5-21-17)29(26,27)23-19(25)24-8-6-20-7-9-24/h3-5,10-11,20H,6-9H2,1-2H3,(H,23,25). The van der Waals surface area contributed by atoms with Gasteiger partial charge in [0.05, 0.1) is 10.2 Å². The third kappa shape index (κ3) is 3.96. The molecule has 1 aromatic carbocycles. The van der Waals surface area contributed by atoms with Crippen molar-refractivity contribution in [2.45, 2.75) is 18.7 Å². The summed E-state index contributed by atoms with van der Waals surface area (Å²) in [5.41, 5.74) is 3.21. The van der Waals surface area contributed by atoms with Crippen molar-refractivity contribution >= 4 is 37.6 Å². The molecule has 1 fully saturated rings. The average molecular weight is 432 g/mol. The van der Waals surface area contributed by atoms with Gasteiger partial charge in [0, 0.05) is 32.4 Å². The molecule has 0 atom stereocenters. The van der Waals surface area contributed by atoms with Crippen LogP contribution in [0.15, 0.2) is 35.4 Å². The Balaban J connectivity index is 1.71. The number of amides is 2. The summed E-state index contributed by atoms with van der Waals surface area (Å²) in [7, 11) is -4.10. The molecule has 0 unspecified atom stereocenters. The third-order valence-electron chi connectivity index (χ3n) is 4.72. The van der Waals surface area contributed by atoms with Gasteiger partial charge in [-0.05, 0) is 43.2 Å². The number of thiazole rings is 1. The van der Waals surface area contributed by atoms with Gasteiger partial charge in [-0.25, -0.2) is 22.9 Å². The highest BCUT2D eigenvalue weighted by molar-refractivity contribution is 7.90. The van der Waals surface area contributed by atoms with E-state index < -0.39 is 16.1 Å². The molecule has 8 nitrogen and oxygen atoms in total. The van der Waals surface area contributed by atoms with E-state index in [1.54, 1.807) is 0 Å². The van der Waals surface area contributed by atoms with E-state index in [-0.39, 0.29) is 10.6 Å². The molecule has 0 saturated carbocycles. The topological polar surface area (TPSA) is 104 Å². The second kappa shape index (κ2) is 7.69. The van der Waals surface area contributed by atoms with Gasteiger partial charge in [0.1, 0.15) is 15.6 Å². The molecule has 2 aromatic heterocycles. The fraction of sp³-hybridized carbons (Fsp3) is 0.316. The number of carbonyl (C=O) groups excluding carboxylic acids is 1. The number of urea groups is 1. The predicted octanol–water partition coefficient (Wildman–Crippen LogP) is 2.28. The first kappa shape index (κ1) is 19.7. The SMILES string of the molecule is Cc1cc(C)c2nc(-c3ncccc3S(=O)(=O)NC(=O)N3CCNCC3)sc2c1. The second-order valence-electron chi connectivity index (χ2n) is 6.95. The first-order chi connectivity index (χ1) is 13.8. The van der Waals surface area contributed by atoms with E-state index in [9.17, 15) is 13.2 Å². The number of carbonyl (C=O) groups is 1. The summed E-state index contributed by atoms with van der Waals surface area (Å²) in [5, 5.41) is 3.63. The van der Waals surface area contributed by atoms with E-state index in [4.69, 9.17) is 0 Å². The Bertz CT molecular complexity index is 1180. The first-order valence-corrected chi connectivity index (χ1v) is 11.5. The fourth-order valence-electron chi connectivity index (χ4n) is 3.34. The average Bonchev–Trinajstić information content (AvgIpc) is 3.12. The van der Waals surface area contributed by atoms with Crippen LogP contribution >= 0.6 is 11.3 Å². The number of rotatable bonds is 3. The lowest BCUT2D eigenvalue weighted by atomic mass is 10.1. The minimum absolute atomic E-state index is 0.0584. The van der Waals surface area contributed by atoms with Gasteiger partial charge >= 0.3 is 6.03 Å². The highest BCUT2D eigenvalue weighted by atomic mass is 32.2. The Labute approximate surface area is 173 Å². The number of nitrogens with one attached hydrogen (secondary N) is 2. The molecule has 0 radical (unpaired) electrons.